The van der Waals surface area contributed by atoms with Crippen molar-refractivity contribution in [2.75, 3.05) is 18.0 Å². The van der Waals surface area contributed by atoms with Crippen molar-refractivity contribution < 1.29 is 0 Å². The number of aromatic nitrogens is 4. The van der Waals surface area contributed by atoms with Crippen LogP contribution in [0.3, 0.4) is 0 Å². The summed E-state index contributed by atoms with van der Waals surface area (Å²) >= 11 is 6.14. The van der Waals surface area contributed by atoms with E-state index in [2.05, 4.69) is 20.1 Å². The lowest BCUT2D eigenvalue weighted by Crippen LogP contribution is -2.35. The molecule has 3 aromatic rings. The summed E-state index contributed by atoms with van der Waals surface area (Å²) in [5.41, 5.74) is 2.37. The zero-order valence-electron chi connectivity index (χ0n) is 12.4. The molecule has 0 bridgehead atoms. The fourth-order valence-electron chi connectivity index (χ4n) is 3.18. The molecule has 118 valence electrons. The number of piperidine rings is 1. The summed E-state index contributed by atoms with van der Waals surface area (Å²) in [6.45, 7) is 1.63. The quantitative estimate of drug-likeness (QED) is 0.757. The van der Waals surface area contributed by atoms with Crippen molar-refractivity contribution in [2.24, 2.45) is 0 Å². The fourth-order valence-corrected chi connectivity index (χ4v) is 3.39. The Morgan fingerprint density at radius 1 is 1.30 bits per heavy atom. The molecule has 1 aliphatic rings. The summed E-state index contributed by atoms with van der Waals surface area (Å²) in [6.07, 6.45) is 3.69. The average molecular weight is 330 g/mol. The lowest BCUT2D eigenvalue weighted by Gasteiger charge is -2.33. The molecule has 2 aromatic heterocycles. The van der Waals surface area contributed by atoms with Crippen LogP contribution < -0.4 is 10.5 Å². The summed E-state index contributed by atoms with van der Waals surface area (Å²) in [6, 6.07) is 8.03. The molecule has 1 aromatic carbocycles. The Morgan fingerprint density at radius 3 is 3.04 bits per heavy atom. The number of hydrogen-bond donors (Lipinski definition) is 2. The first kappa shape index (κ1) is 14.3. The van der Waals surface area contributed by atoms with Crippen LogP contribution in [0.4, 0.5) is 5.69 Å². The molecule has 23 heavy (non-hydrogen) atoms. The Hall–Kier alpha value is -2.34. The summed E-state index contributed by atoms with van der Waals surface area (Å²) in [5, 5.41) is 6.42. The number of hydrogen-bond acceptors (Lipinski definition) is 4. The zero-order chi connectivity index (χ0) is 15.8. The van der Waals surface area contributed by atoms with Gasteiger partial charge in [-0.3, -0.25) is 4.79 Å². The van der Waals surface area contributed by atoms with Gasteiger partial charge in [-0.05, 0) is 25.0 Å². The van der Waals surface area contributed by atoms with Crippen LogP contribution in [-0.4, -0.2) is 33.3 Å². The summed E-state index contributed by atoms with van der Waals surface area (Å²) in [7, 11) is 0. The molecule has 3 heterocycles. The van der Waals surface area contributed by atoms with E-state index >= 15 is 0 Å². The molecule has 6 nitrogen and oxygen atoms in total. The molecular formula is C16H16ClN5O. The van der Waals surface area contributed by atoms with E-state index in [4.69, 9.17) is 16.6 Å². The molecule has 1 aliphatic heterocycles. The standard InChI is InChI=1S/C16H16ClN5O/c17-14-13(8-18-21-16(14)23)22-7-3-4-10(9-22)15-19-11-5-1-2-6-12(11)20-15/h1-2,5-6,8,10H,3-4,7,9H2,(H,19,20)(H,21,23)/t10-/m0/s1. The van der Waals surface area contributed by atoms with Gasteiger partial charge in [-0.1, -0.05) is 23.7 Å². The van der Waals surface area contributed by atoms with Gasteiger partial charge in [0.2, 0.25) is 0 Å². The van der Waals surface area contributed by atoms with E-state index in [1.807, 2.05) is 24.3 Å². The molecular weight excluding hydrogens is 314 g/mol. The molecule has 0 amide bonds. The monoisotopic (exact) mass is 329 g/mol. The van der Waals surface area contributed by atoms with E-state index in [0.29, 0.717) is 5.69 Å². The second-order valence-corrected chi connectivity index (χ2v) is 6.20. The van der Waals surface area contributed by atoms with Crippen LogP contribution in [0, 0.1) is 0 Å². The van der Waals surface area contributed by atoms with Gasteiger partial charge in [0.15, 0.2) is 0 Å². The number of aromatic amines is 2. The highest BCUT2D eigenvalue weighted by Crippen LogP contribution is 2.31. The normalized spacial score (nSPS) is 18.5. The third-order valence-electron chi connectivity index (χ3n) is 4.33. The number of para-hydroxylation sites is 2. The molecule has 1 fully saturated rings. The van der Waals surface area contributed by atoms with E-state index in [0.717, 1.165) is 42.8 Å². The number of fused-ring (bicyclic) bond motifs is 1. The third kappa shape index (κ3) is 2.59. The summed E-state index contributed by atoms with van der Waals surface area (Å²) < 4.78 is 0. The highest BCUT2D eigenvalue weighted by molar-refractivity contribution is 6.33. The predicted molar refractivity (Wildman–Crippen MR) is 90.1 cm³/mol. The van der Waals surface area contributed by atoms with Crippen LogP contribution >= 0.6 is 11.6 Å². The van der Waals surface area contributed by atoms with E-state index in [-0.39, 0.29) is 16.5 Å². The lowest BCUT2D eigenvalue weighted by atomic mass is 9.97. The Balaban J connectivity index is 1.64. The number of H-pyrrole nitrogens is 2. The molecule has 2 N–H and O–H groups in total. The van der Waals surface area contributed by atoms with Gasteiger partial charge in [0.25, 0.3) is 5.56 Å². The number of imidazole rings is 1. The number of anilines is 1. The number of benzene rings is 1. The van der Waals surface area contributed by atoms with Crippen LogP contribution in [0.15, 0.2) is 35.3 Å². The maximum atomic E-state index is 11.7. The third-order valence-corrected chi connectivity index (χ3v) is 4.70. The molecule has 0 spiro atoms. The van der Waals surface area contributed by atoms with Crippen molar-refractivity contribution in [3.05, 3.63) is 51.7 Å². The van der Waals surface area contributed by atoms with Crippen molar-refractivity contribution in [1.82, 2.24) is 20.2 Å². The Morgan fingerprint density at radius 2 is 2.17 bits per heavy atom. The van der Waals surface area contributed by atoms with Crippen LogP contribution in [0.25, 0.3) is 11.0 Å². The number of nitrogens with zero attached hydrogens (tertiary/aromatic N) is 3. The highest BCUT2D eigenvalue weighted by Gasteiger charge is 2.25. The molecule has 1 atom stereocenters. The molecule has 1 saturated heterocycles. The van der Waals surface area contributed by atoms with E-state index in [1.54, 1.807) is 6.20 Å². The van der Waals surface area contributed by atoms with Gasteiger partial charge in [0.05, 0.1) is 22.9 Å². The predicted octanol–water partition coefficient (Wildman–Crippen LogP) is 2.68. The van der Waals surface area contributed by atoms with Crippen LogP contribution in [0.5, 0.6) is 0 Å². The van der Waals surface area contributed by atoms with E-state index in [1.165, 1.54) is 0 Å². The average Bonchev–Trinajstić information content (AvgIpc) is 3.02. The Labute approximate surface area is 137 Å². The first-order valence-electron chi connectivity index (χ1n) is 7.65. The summed E-state index contributed by atoms with van der Waals surface area (Å²) in [4.78, 5) is 21.9. The van der Waals surface area contributed by atoms with Gasteiger partial charge in [-0.15, -0.1) is 0 Å². The molecule has 0 radical (unpaired) electrons. The second-order valence-electron chi connectivity index (χ2n) is 5.82. The Bertz CT molecular complexity index is 870. The second kappa shape index (κ2) is 5.70. The van der Waals surface area contributed by atoms with Crippen molar-refractivity contribution in [2.45, 2.75) is 18.8 Å². The van der Waals surface area contributed by atoms with Crippen molar-refractivity contribution in [3.63, 3.8) is 0 Å². The number of halogens is 1. The fraction of sp³-hybridized carbons (Fsp3) is 0.312. The zero-order valence-corrected chi connectivity index (χ0v) is 13.2. The van der Waals surface area contributed by atoms with Crippen molar-refractivity contribution in [3.8, 4) is 0 Å². The number of rotatable bonds is 2. The minimum Gasteiger partial charge on any atom is -0.368 e. The van der Waals surface area contributed by atoms with Gasteiger partial charge in [0.1, 0.15) is 10.8 Å². The molecule has 4 rings (SSSR count). The van der Waals surface area contributed by atoms with E-state index in [9.17, 15) is 4.79 Å². The van der Waals surface area contributed by atoms with Gasteiger partial charge in [-0.2, -0.15) is 5.10 Å². The highest BCUT2D eigenvalue weighted by atomic mass is 35.5. The molecule has 0 saturated carbocycles. The maximum Gasteiger partial charge on any atom is 0.285 e. The van der Waals surface area contributed by atoms with Crippen molar-refractivity contribution >= 4 is 28.3 Å². The van der Waals surface area contributed by atoms with Gasteiger partial charge in [0, 0.05) is 19.0 Å². The topological polar surface area (TPSA) is 77.7 Å². The minimum atomic E-state index is -0.352. The largest absolute Gasteiger partial charge is 0.368 e. The molecule has 0 aliphatic carbocycles. The minimum absolute atomic E-state index is 0.199. The van der Waals surface area contributed by atoms with Crippen molar-refractivity contribution in [1.29, 1.82) is 0 Å². The van der Waals surface area contributed by atoms with Gasteiger partial charge >= 0.3 is 0 Å². The van der Waals surface area contributed by atoms with E-state index < -0.39 is 0 Å². The van der Waals surface area contributed by atoms with Gasteiger partial charge < -0.3 is 9.88 Å². The molecule has 0 unspecified atom stereocenters. The van der Waals surface area contributed by atoms with Crippen LogP contribution in [-0.2, 0) is 0 Å². The Kier molecular flexibility index (Phi) is 3.53. The SMILES string of the molecule is O=c1[nH]ncc(N2CCC[C@H](c3nc4ccccc4[nH]3)C2)c1Cl. The smallest absolute Gasteiger partial charge is 0.285 e. The molecule has 7 heteroatoms. The first-order valence-corrected chi connectivity index (χ1v) is 8.03. The van der Waals surface area contributed by atoms with Crippen LogP contribution in [0.2, 0.25) is 5.02 Å². The summed E-state index contributed by atoms with van der Waals surface area (Å²) in [5.74, 6) is 1.27. The first-order chi connectivity index (χ1) is 11.2. The lowest BCUT2D eigenvalue weighted by molar-refractivity contribution is 0.494. The van der Waals surface area contributed by atoms with Gasteiger partial charge in [-0.25, -0.2) is 10.1 Å². The maximum absolute atomic E-state index is 11.7. The van der Waals surface area contributed by atoms with Crippen LogP contribution in [0.1, 0.15) is 24.6 Å². The number of nitrogens with one attached hydrogen (secondary N) is 2.